The molecule has 2 N–H and O–H groups in total. The molecule has 9 heteroatoms. The molecule has 0 aliphatic carbocycles. The first kappa shape index (κ1) is 27.0. The van der Waals surface area contributed by atoms with E-state index < -0.39 is 11.9 Å². The summed E-state index contributed by atoms with van der Waals surface area (Å²) in [4.78, 5) is 29.4. The molecule has 0 spiro atoms. The predicted molar refractivity (Wildman–Crippen MR) is 156 cm³/mol. The van der Waals surface area contributed by atoms with Crippen molar-refractivity contribution in [2.45, 2.75) is 0 Å². The molecule has 0 atom stereocenters. The SMILES string of the molecule is COc1cccc(C(=O)Oc2ccccc2C=NNC(=O)c2[nH]c3c(OC)ccc(OC)c3c2-c2ccccc2)c1. The summed E-state index contributed by atoms with van der Waals surface area (Å²) in [6.07, 6.45) is 1.41. The third-order valence-corrected chi connectivity index (χ3v) is 6.41. The fourth-order valence-corrected chi connectivity index (χ4v) is 4.46. The Morgan fingerprint density at radius 1 is 0.780 bits per heavy atom. The number of amides is 1. The topological polar surface area (TPSA) is 111 Å². The molecular formula is C32H27N3O6. The van der Waals surface area contributed by atoms with Crippen LogP contribution in [0.25, 0.3) is 22.0 Å². The molecule has 0 saturated heterocycles. The minimum Gasteiger partial charge on any atom is -0.497 e. The second-order valence-corrected chi connectivity index (χ2v) is 8.82. The van der Waals surface area contributed by atoms with Gasteiger partial charge in [-0.3, -0.25) is 4.79 Å². The largest absolute Gasteiger partial charge is 0.497 e. The van der Waals surface area contributed by atoms with Crippen molar-refractivity contribution in [2.24, 2.45) is 5.10 Å². The third-order valence-electron chi connectivity index (χ3n) is 6.41. The minimum atomic E-state index is -0.553. The quantitative estimate of drug-likeness (QED) is 0.103. The molecule has 1 aromatic heterocycles. The summed E-state index contributed by atoms with van der Waals surface area (Å²) in [7, 11) is 4.66. The monoisotopic (exact) mass is 549 g/mol. The number of nitrogens with one attached hydrogen (secondary N) is 2. The first-order valence-corrected chi connectivity index (χ1v) is 12.6. The number of H-pyrrole nitrogens is 1. The number of carbonyl (C=O) groups is 2. The molecule has 0 fully saturated rings. The molecule has 0 aliphatic rings. The first-order chi connectivity index (χ1) is 20.0. The van der Waals surface area contributed by atoms with Gasteiger partial charge in [0.25, 0.3) is 5.91 Å². The van der Waals surface area contributed by atoms with Crippen LogP contribution in [0.3, 0.4) is 0 Å². The van der Waals surface area contributed by atoms with Gasteiger partial charge in [-0.1, -0.05) is 48.5 Å². The van der Waals surface area contributed by atoms with Crippen LogP contribution in [-0.2, 0) is 0 Å². The Labute approximate surface area is 236 Å². The average Bonchev–Trinajstić information content (AvgIpc) is 3.43. The Morgan fingerprint density at radius 2 is 1.51 bits per heavy atom. The summed E-state index contributed by atoms with van der Waals surface area (Å²) < 4.78 is 22.0. The molecule has 5 aromatic rings. The lowest BCUT2D eigenvalue weighted by Gasteiger charge is -2.09. The van der Waals surface area contributed by atoms with Gasteiger partial charge in [0.1, 0.15) is 28.7 Å². The molecule has 1 amide bonds. The van der Waals surface area contributed by atoms with Gasteiger partial charge in [-0.15, -0.1) is 0 Å². The number of ether oxygens (including phenoxy) is 4. The van der Waals surface area contributed by atoms with E-state index in [1.165, 1.54) is 13.3 Å². The standard InChI is InChI=1S/C32H27N3O6/c1-38-23-14-9-13-21(18-23)32(37)41-24-15-8-7-12-22(24)19-33-35-31(36)30-27(20-10-5-4-6-11-20)28-25(39-2)16-17-26(40-3)29(28)34-30/h4-19,34H,1-3H3,(H,35,36). The van der Waals surface area contributed by atoms with E-state index in [0.717, 1.165) is 5.56 Å². The molecule has 0 bridgehead atoms. The molecule has 0 aliphatic heterocycles. The molecule has 1 heterocycles. The van der Waals surface area contributed by atoms with E-state index in [1.54, 1.807) is 74.9 Å². The smallest absolute Gasteiger partial charge is 0.343 e. The molecule has 0 unspecified atom stereocenters. The summed E-state index contributed by atoms with van der Waals surface area (Å²) in [6.45, 7) is 0. The number of hydrogen-bond donors (Lipinski definition) is 2. The summed E-state index contributed by atoms with van der Waals surface area (Å²) in [5.74, 6) is 0.938. The Hall–Kier alpha value is -5.57. The Kier molecular flexibility index (Phi) is 7.96. The highest BCUT2D eigenvalue weighted by atomic mass is 16.5. The van der Waals surface area contributed by atoms with Crippen LogP contribution in [0.15, 0.2) is 96.1 Å². The van der Waals surface area contributed by atoms with Gasteiger partial charge in [0, 0.05) is 11.1 Å². The van der Waals surface area contributed by atoms with Crippen LogP contribution in [0.2, 0.25) is 0 Å². The highest BCUT2D eigenvalue weighted by molar-refractivity contribution is 6.13. The maximum Gasteiger partial charge on any atom is 0.343 e. The second kappa shape index (κ2) is 12.1. The lowest BCUT2D eigenvalue weighted by molar-refractivity contribution is 0.0733. The van der Waals surface area contributed by atoms with Crippen LogP contribution in [0.4, 0.5) is 0 Å². The van der Waals surface area contributed by atoms with Gasteiger partial charge in [-0.25, -0.2) is 10.2 Å². The number of aromatic nitrogens is 1. The van der Waals surface area contributed by atoms with E-state index in [4.69, 9.17) is 18.9 Å². The van der Waals surface area contributed by atoms with Crippen molar-refractivity contribution >= 4 is 29.0 Å². The number of nitrogens with zero attached hydrogens (tertiary/aromatic N) is 1. The lowest BCUT2D eigenvalue weighted by Crippen LogP contribution is -2.19. The Bertz CT molecular complexity index is 1740. The van der Waals surface area contributed by atoms with Crippen molar-refractivity contribution in [1.82, 2.24) is 10.4 Å². The zero-order chi connectivity index (χ0) is 28.8. The predicted octanol–water partition coefficient (Wildman–Crippen LogP) is 5.84. The molecule has 41 heavy (non-hydrogen) atoms. The number of para-hydroxylation sites is 1. The summed E-state index contributed by atoms with van der Waals surface area (Å²) in [5, 5.41) is 4.87. The Morgan fingerprint density at radius 3 is 2.27 bits per heavy atom. The maximum atomic E-state index is 13.5. The van der Waals surface area contributed by atoms with Crippen LogP contribution in [0, 0.1) is 0 Å². The number of benzene rings is 4. The molecule has 0 radical (unpaired) electrons. The highest BCUT2D eigenvalue weighted by Gasteiger charge is 2.24. The van der Waals surface area contributed by atoms with Crippen LogP contribution in [-0.4, -0.2) is 44.4 Å². The zero-order valence-electron chi connectivity index (χ0n) is 22.6. The van der Waals surface area contributed by atoms with Crippen molar-refractivity contribution in [1.29, 1.82) is 0 Å². The van der Waals surface area contributed by atoms with Crippen LogP contribution >= 0.6 is 0 Å². The number of hydrogen-bond acceptors (Lipinski definition) is 7. The van der Waals surface area contributed by atoms with Crippen LogP contribution < -0.4 is 24.4 Å². The molecule has 4 aromatic carbocycles. The van der Waals surface area contributed by atoms with Gasteiger partial charge in [0.05, 0.1) is 44.0 Å². The molecule has 9 nitrogen and oxygen atoms in total. The summed E-state index contributed by atoms with van der Waals surface area (Å²) in [6, 6.07) is 26.6. The van der Waals surface area contributed by atoms with Crippen molar-refractivity contribution in [2.75, 3.05) is 21.3 Å². The van der Waals surface area contributed by atoms with Crippen molar-refractivity contribution in [3.05, 3.63) is 108 Å². The van der Waals surface area contributed by atoms with E-state index in [-0.39, 0.29) is 11.4 Å². The number of carbonyl (C=O) groups excluding carboxylic acids is 2. The average molecular weight is 550 g/mol. The minimum absolute atomic E-state index is 0.281. The first-order valence-electron chi connectivity index (χ1n) is 12.6. The maximum absolute atomic E-state index is 13.5. The molecule has 5 rings (SSSR count). The fourth-order valence-electron chi connectivity index (χ4n) is 4.46. The second-order valence-electron chi connectivity index (χ2n) is 8.82. The summed E-state index contributed by atoms with van der Waals surface area (Å²) in [5.41, 5.74) is 5.78. The molecule has 0 saturated carbocycles. The van der Waals surface area contributed by atoms with E-state index in [2.05, 4.69) is 15.5 Å². The van der Waals surface area contributed by atoms with E-state index >= 15 is 0 Å². The van der Waals surface area contributed by atoms with Crippen LogP contribution in [0.5, 0.6) is 23.0 Å². The van der Waals surface area contributed by atoms with Gasteiger partial charge in [-0.2, -0.15) is 5.10 Å². The van der Waals surface area contributed by atoms with E-state index in [9.17, 15) is 9.59 Å². The third kappa shape index (κ3) is 5.60. The highest BCUT2D eigenvalue weighted by Crippen LogP contribution is 2.42. The number of rotatable bonds is 9. The number of esters is 1. The normalized spacial score (nSPS) is 10.9. The van der Waals surface area contributed by atoms with Crippen LogP contribution in [0.1, 0.15) is 26.4 Å². The lowest BCUT2D eigenvalue weighted by atomic mass is 10.0. The Balaban J connectivity index is 1.44. The number of aromatic amines is 1. The number of fused-ring (bicyclic) bond motifs is 1. The van der Waals surface area contributed by atoms with E-state index in [0.29, 0.717) is 44.8 Å². The van der Waals surface area contributed by atoms with Crippen molar-refractivity contribution in [3.8, 4) is 34.1 Å². The zero-order valence-corrected chi connectivity index (χ0v) is 22.6. The number of methoxy groups -OCH3 is 3. The fraction of sp³-hybridized carbons (Fsp3) is 0.0938. The molecular weight excluding hydrogens is 522 g/mol. The number of hydrazone groups is 1. The van der Waals surface area contributed by atoms with Crippen molar-refractivity contribution < 1.29 is 28.5 Å². The van der Waals surface area contributed by atoms with Gasteiger partial charge < -0.3 is 23.9 Å². The molecule has 206 valence electrons. The van der Waals surface area contributed by atoms with Gasteiger partial charge in [-0.05, 0) is 48.0 Å². The van der Waals surface area contributed by atoms with E-state index in [1.807, 2.05) is 30.3 Å². The van der Waals surface area contributed by atoms with Gasteiger partial charge in [0.2, 0.25) is 0 Å². The summed E-state index contributed by atoms with van der Waals surface area (Å²) >= 11 is 0. The van der Waals surface area contributed by atoms with Crippen molar-refractivity contribution in [3.63, 3.8) is 0 Å². The van der Waals surface area contributed by atoms with Gasteiger partial charge >= 0.3 is 5.97 Å². The van der Waals surface area contributed by atoms with Gasteiger partial charge in [0.15, 0.2) is 0 Å².